The van der Waals surface area contributed by atoms with Crippen molar-refractivity contribution >= 4 is 45.2 Å². The first-order valence-corrected chi connectivity index (χ1v) is 5.61. The monoisotopic (exact) mass is 372 g/mol. The Hall–Kier alpha value is 0.680. The Morgan fingerprint density at radius 2 is 1.55 bits per heavy atom. The lowest BCUT2D eigenvalue weighted by Gasteiger charge is -2.08. The van der Waals surface area contributed by atoms with Crippen molar-refractivity contribution < 1.29 is 0 Å². The summed E-state index contributed by atoms with van der Waals surface area (Å²) >= 11 is 4.80. The smallest absolute Gasteiger partial charge is 0.0201 e. The van der Waals surface area contributed by atoms with Crippen LogP contribution in [-0.2, 0) is 0 Å². The molecule has 0 aromatic heterocycles. The van der Waals surface area contributed by atoms with Gasteiger partial charge in [0, 0.05) is 7.14 Å². The van der Waals surface area contributed by atoms with Crippen LogP contribution in [0.5, 0.6) is 0 Å². The maximum absolute atomic E-state index is 2.42. The minimum absolute atomic E-state index is 1.37. The van der Waals surface area contributed by atoms with Gasteiger partial charge in [0.05, 0.1) is 0 Å². The van der Waals surface area contributed by atoms with E-state index in [4.69, 9.17) is 0 Å². The van der Waals surface area contributed by atoms with Crippen LogP contribution in [0.2, 0.25) is 0 Å². The van der Waals surface area contributed by atoms with E-state index < -0.39 is 0 Å². The summed E-state index contributed by atoms with van der Waals surface area (Å²) in [5.74, 6) is 0. The average Bonchev–Trinajstić information content (AvgIpc) is 1.97. The van der Waals surface area contributed by atoms with E-state index in [0.29, 0.717) is 0 Å². The second kappa shape index (κ2) is 3.60. The van der Waals surface area contributed by atoms with Crippen LogP contribution in [0.4, 0.5) is 0 Å². The van der Waals surface area contributed by atoms with E-state index >= 15 is 0 Å². The van der Waals surface area contributed by atoms with Crippen LogP contribution in [0.15, 0.2) is 6.07 Å². The summed E-state index contributed by atoms with van der Waals surface area (Å²) < 4.78 is 2.78. The van der Waals surface area contributed by atoms with Crippen molar-refractivity contribution in [1.82, 2.24) is 0 Å². The van der Waals surface area contributed by atoms with Crippen molar-refractivity contribution in [2.45, 2.75) is 20.8 Å². The van der Waals surface area contributed by atoms with Crippen molar-refractivity contribution in [1.29, 1.82) is 0 Å². The van der Waals surface area contributed by atoms with E-state index in [1.807, 2.05) is 0 Å². The molecule has 11 heavy (non-hydrogen) atoms. The first kappa shape index (κ1) is 9.77. The Labute approximate surface area is 95.0 Å². The lowest BCUT2D eigenvalue weighted by atomic mass is 10.1. The number of hydrogen-bond acceptors (Lipinski definition) is 0. The minimum Gasteiger partial charge on any atom is -0.0461 e. The quantitative estimate of drug-likeness (QED) is 0.608. The van der Waals surface area contributed by atoms with E-state index in [1.54, 1.807) is 0 Å². The molecule has 1 rings (SSSR count). The third kappa shape index (κ3) is 1.88. The van der Waals surface area contributed by atoms with E-state index in [9.17, 15) is 0 Å². The molecule has 0 aliphatic heterocycles. The van der Waals surface area contributed by atoms with Crippen molar-refractivity contribution in [2.75, 3.05) is 0 Å². The molecule has 0 spiro atoms. The molecule has 0 fully saturated rings. The SMILES string of the molecule is Cc1cc(I)c(C)c(I)c1C. The molecule has 0 bridgehead atoms. The second-order valence-corrected chi connectivity index (χ2v) is 4.98. The number of rotatable bonds is 0. The molecule has 0 saturated heterocycles. The summed E-state index contributed by atoms with van der Waals surface area (Å²) in [5.41, 5.74) is 4.22. The predicted octanol–water partition coefficient (Wildman–Crippen LogP) is 3.82. The van der Waals surface area contributed by atoms with Crippen LogP contribution in [0, 0.1) is 27.9 Å². The van der Waals surface area contributed by atoms with Crippen LogP contribution in [0.3, 0.4) is 0 Å². The van der Waals surface area contributed by atoms with Gasteiger partial charge in [0.1, 0.15) is 0 Å². The lowest BCUT2D eigenvalue weighted by Crippen LogP contribution is -1.93. The fraction of sp³-hybridized carbons (Fsp3) is 0.333. The summed E-state index contributed by atoms with van der Waals surface area (Å²) in [4.78, 5) is 0. The number of benzene rings is 1. The van der Waals surface area contributed by atoms with Crippen LogP contribution in [-0.4, -0.2) is 0 Å². The fourth-order valence-electron chi connectivity index (χ4n) is 0.966. The van der Waals surface area contributed by atoms with Crippen LogP contribution >= 0.6 is 45.2 Å². The van der Waals surface area contributed by atoms with Crippen molar-refractivity contribution in [2.24, 2.45) is 0 Å². The highest BCUT2D eigenvalue weighted by molar-refractivity contribution is 14.1. The third-order valence-electron chi connectivity index (χ3n) is 1.95. The number of aryl methyl sites for hydroxylation is 1. The van der Waals surface area contributed by atoms with Gasteiger partial charge in [-0.2, -0.15) is 0 Å². The zero-order chi connectivity index (χ0) is 8.59. The van der Waals surface area contributed by atoms with Crippen molar-refractivity contribution in [3.05, 3.63) is 29.9 Å². The van der Waals surface area contributed by atoms with Gasteiger partial charge in [0.25, 0.3) is 0 Å². The molecule has 1 aromatic rings. The zero-order valence-electron chi connectivity index (χ0n) is 6.83. The Morgan fingerprint density at radius 1 is 1.00 bits per heavy atom. The third-order valence-corrected chi connectivity index (χ3v) is 4.69. The molecule has 0 amide bonds. The standard InChI is InChI=1S/C9H10I2/c1-5-4-8(10)7(3)9(11)6(5)2/h4H,1-3H3. The molecule has 0 atom stereocenters. The molecule has 0 saturated carbocycles. The number of hydrogen-bond donors (Lipinski definition) is 0. The van der Waals surface area contributed by atoms with Crippen LogP contribution < -0.4 is 0 Å². The molecule has 0 aliphatic rings. The molecule has 60 valence electrons. The highest BCUT2D eigenvalue weighted by Crippen LogP contribution is 2.24. The number of halogens is 2. The highest BCUT2D eigenvalue weighted by atomic mass is 127. The average molecular weight is 372 g/mol. The Kier molecular flexibility index (Phi) is 3.19. The minimum atomic E-state index is 1.37. The topological polar surface area (TPSA) is 0 Å². The van der Waals surface area contributed by atoms with Gasteiger partial charge in [-0.15, -0.1) is 0 Å². The lowest BCUT2D eigenvalue weighted by molar-refractivity contribution is 1.25. The molecule has 0 nitrogen and oxygen atoms in total. The van der Waals surface area contributed by atoms with Gasteiger partial charge in [-0.1, -0.05) is 0 Å². The predicted molar refractivity (Wildman–Crippen MR) is 66.1 cm³/mol. The van der Waals surface area contributed by atoms with Gasteiger partial charge < -0.3 is 0 Å². The summed E-state index contributed by atoms with van der Waals surface area (Å²) in [6.07, 6.45) is 0. The highest BCUT2D eigenvalue weighted by Gasteiger charge is 2.04. The largest absolute Gasteiger partial charge is 0.0461 e. The van der Waals surface area contributed by atoms with Gasteiger partial charge in [0.15, 0.2) is 0 Å². The normalized spacial score (nSPS) is 10.3. The molecule has 2 heteroatoms. The van der Waals surface area contributed by atoms with E-state index in [0.717, 1.165) is 0 Å². The molecule has 0 heterocycles. The molecule has 0 aliphatic carbocycles. The van der Waals surface area contributed by atoms with Gasteiger partial charge in [-0.3, -0.25) is 0 Å². The van der Waals surface area contributed by atoms with E-state index in [2.05, 4.69) is 72.0 Å². The Balaban J connectivity index is 3.46. The van der Waals surface area contributed by atoms with Gasteiger partial charge >= 0.3 is 0 Å². The fourth-order valence-corrected chi connectivity index (χ4v) is 2.93. The van der Waals surface area contributed by atoms with E-state index in [-0.39, 0.29) is 0 Å². The van der Waals surface area contributed by atoms with E-state index in [1.165, 1.54) is 23.8 Å². The summed E-state index contributed by atoms with van der Waals surface area (Å²) in [5, 5.41) is 0. The Bertz CT molecular complexity index is 264. The summed E-state index contributed by atoms with van der Waals surface area (Å²) in [6.45, 7) is 6.52. The Morgan fingerprint density at radius 3 is 2.09 bits per heavy atom. The van der Waals surface area contributed by atoms with Gasteiger partial charge in [-0.25, -0.2) is 0 Å². The molecule has 0 unspecified atom stereocenters. The first-order valence-electron chi connectivity index (χ1n) is 3.46. The van der Waals surface area contributed by atoms with Crippen molar-refractivity contribution in [3.63, 3.8) is 0 Å². The summed E-state index contributed by atoms with van der Waals surface area (Å²) in [6, 6.07) is 2.24. The van der Waals surface area contributed by atoms with Crippen LogP contribution in [0.1, 0.15) is 16.7 Å². The molecular weight excluding hydrogens is 362 g/mol. The molecule has 0 radical (unpaired) electrons. The maximum atomic E-state index is 2.42. The van der Waals surface area contributed by atoms with Crippen LogP contribution in [0.25, 0.3) is 0 Å². The molecule has 1 aromatic carbocycles. The van der Waals surface area contributed by atoms with Crippen molar-refractivity contribution in [3.8, 4) is 0 Å². The summed E-state index contributed by atoms with van der Waals surface area (Å²) in [7, 11) is 0. The maximum Gasteiger partial charge on any atom is 0.0201 e. The molecular formula is C9H10I2. The van der Waals surface area contributed by atoms with Gasteiger partial charge in [-0.05, 0) is 88.7 Å². The molecule has 0 N–H and O–H groups in total. The first-order chi connectivity index (χ1) is 5.04. The second-order valence-electron chi connectivity index (χ2n) is 2.74. The van der Waals surface area contributed by atoms with Gasteiger partial charge in [0.2, 0.25) is 0 Å². The zero-order valence-corrected chi connectivity index (χ0v) is 11.1.